The van der Waals surface area contributed by atoms with E-state index in [9.17, 15) is 18.0 Å². The summed E-state index contributed by atoms with van der Waals surface area (Å²) in [5, 5.41) is 3.18. The second-order valence-electron chi connectivity index (χ2n) is 10.3. The van der Waals surface area contributed by atoms with Crippen LogP contribution in [-0.2, 0) is 11.3 Å². The number of nitrogens with one attached hydrogen (secondary N) is 1. The van der Waals surface area contributed by atoms with Crippen LogP contribution in [0.5, 0.6) is 5.75 Å². The second-order valence-corrected chi connectivity index (χ2v) is 10.3. The molecular formula is C28H36F3N3O2. The number of piperidine rings is 2. The first-order chi connectivity index (χ1) is 17.2. The van der Waals surface area contributed by atoms with Crippen molar-refractivity contribution in [3.05, 3.63) is 60.2 Å². The summed E-state index contributed by atoms with van der Waals surface area (Å²) in [5.74, 6) is 0.531. The van der Waals surface area contributed by atoms with Crippen LogP contribution in [0.15, 0.2) is 54.6 Å². The van der Waals surface area contributed by atoms with E-state index in [1.165, 1.54) is 30.5 Å². The maximum absolute atomic E-state index is 13.0. The van der Waals surface area contributed by atoms with E-state index in [1.54, 1.807) is 12.1 Å². The van der Waals surface area contributed by atoms with Crippen LogP contribution >= 0.6 is 0 Å². The zero-order valence-corrected chi connectivity index (χ0v) is 20.9. The molecule has 0 saturated carbocycles. The van der Waals surface area contributed by atoms with Crippen molar-refractivity contribution in [3.8, 4) is 5.75 Å². The Bertz CT molecular complexity index is 966. The first-order valence-electron chi connectivity index (χ1n) is 12.9. The van der Waals surface area contributed by atoms with E-state index < -0.39 is 11.8 Å². The van der Waals surface area contributed by atoms with Gasteiger partial charge in [0, 0.05) is 37.3 Å². The quantitative estimate of drug-likeness (QED) is 0.509. The number of nitrogens with zero attached hydrogens (tertiary/aromatic N) is 2. The van der Waals surface area contributed by atoms with E-state index >= 15 is 0 Å². The molecule has 2 aliphatic rings. The molecule has 1 N–H and O–H groups in total. The molecule has 0 aromatic heterocycles. The van der Waals surface area contributed by atoms with Gasteiger partial charge in [-0.2, -0.15) is 0 Å². The number of halogens is 3. The maximum Gasteiger partial charge on any atom is 0.573 e. The van der Waals surface area contributed by atoms with Crippen LogP contribution in [0, 0.1) is 11.3 Å². The van der Waals surface area contributed by atoms with Crippen LogP contribution in [0.1, 0.15) is 44.6 Å². The van der Waals surface area contributed by atoms with Crippen LogP contribution in [0.3, 0.4) is 0 Å². The maximum atomic E-state index is 13.0. The molecule has 5 nitrogen and oxygen atoms in total. The third-order valence-corrected chi connectivity index (χ3v) is 7.64. The molecule has 2 fully saturated rings. The van der Waals surface area contributed by atoms with Crippen LogP contribution in [0.2, 0.25) is 0 Å². The summed E-state index contributed by atoms with van der Waals surface area (Å²) < 4.78 is 41.1. The fraction of sp³-hybridized carbons (Fsp3) is 0.536. The predicted octanol–water partition coefficient (Wildman–Crippen LogP) is 5.61. The lowest BCUT2D eigenvalue weighted by Gasteiger charge is -2.39. The van der Waals surface area contributed by atoms with Gasteiger partial charge in [0.05, 0.1) is 0 Å². The standard InChI is InChI=1S/C28H36F3N3O2/c1-27(14-19-34(20-15-27)24-7-9-25(10-8-24)36-28(29,30)31)26(35)32-16-11-22-12-17-33(18-13-22)21-23-5-3-2-4-6-23/h2-10,22H,11-21H2,1H3,(H,32,35). The van der Waals surface area contributed by atoms with Crippen LogP contribution in [0.4, 0.5) is 18.9 Å². The van der Waals surface area contributed by atoms with Gasteiger partial charge in [0.15, 0.2) is 0 Å². The minimum absolute atomic E-state index is 0.109. The summed E-state index contributed by atoms with van der Waals surface area (Å²) in [4.78, 5) is 17.6. The molecule has 2 heterocycles. The van der Waals surface area contributed by atoms with Gasteiger partial charge in [0.2, 0.25) is 5.91 Å². The molecule has 196 valence electrons. The Labute approximate surface area is 211 Å². The first kappa shape index (κ1) is 26.3. The number of carbonyl (C=O) groups is 1. The molecule has 0 spiro atoms. The van der Waals surface area contributed by atoms with E-state index in [1.807, 2.05) is 13.0 Å². The fourth-order valence-electron chi connectivity index (χ4n) is 5.22. The van der Waals surface area contributed by atoms with Crippen molar-refractivity contribution >= 4 is 11.6 Å². The van der Waals surface area contributed by atoms with E-state index in [-0.39, 0.29) is 11.7 Å². The van der Waals surface area contributed by atoms with Crippen molar-refractivity contribution in [3.63, 3.8) is 0 Å². The Kier molecular flexibility index (Phi) is 8.44. The van der Waals surface area contributed by atoms with Gasteiger partial charge >= 0.3 is 6.36 Å². The highest BCUT2D eigenvalue weighted by Crippen LogP contribution is 2.34. The Morgan fingerprint density at radius 1 is 1.00 bits per heavy atom. The van der Waals surface area contributed by atoms with Crippen molar-refractivity contribution in [2.24, 2.45) is 11.3 Å². The number of likely N-dealkylation sites (tertiary alicyclic amines) is 1. The highest BCUT2D eigenvalue weighted by Gasteiger charge is 2.37. The Morgan fingerprint density at radius 2 is 1.64 bits per heavy atom. The van der Waals surface area contributed by atoms with Crippen molar-refractivity contribution in [2.75, 3.05) is 37.6 Å². The highest BCUT2D eigenvalue weighted by atomic mass is 19.4. The number of amides is 1. The summed E-state index contributed by atoms with van der Waals surface area (Å²) >= 11 is 0. The second kappa shape index (κ2) is 11.5. The minimum Gasteiger partial charge on any atom is -0.406 e. The summed E-state index contributed by atoms with van der Waals surface area (Å²) in [5.41, 5.74) is 1.77. The molecule has 8 heteroatoms. The zero-order valence-electron chi connectivity index (χ0n) is 20.9. The lowest BCUT2D eigenvalue weighted by molar-refractivity contribution is -0.274. The number of benzene rings is 2. The number of hydrogen-bond donors (Lipinski definition) is 1. The van der Waals surface area contributed by atoms with Gasteiger partial charge < -0.3 is 15.0 Å². The molecule has 0 radical (unpaired) electrons. The molecule has 0 aliphatic carbocycles. The Balaban J connectivity index is 1.15. The molecule has 0 atom stereocenters. The average molecular weight is 504 g/mol. The van der Waals surface area contributed by atoms with Gasteiger partial charge in [-0.05, 0) is 80.9 Å². The van der Waals surface area contributed by atoms with E-state index in [0.717, 1.165) is 31.7 Å². The largest absolute Gasteiger partial charge is 0.573 e. The first-order valence-corrected chi connectivity index (χ1v) is 12.9. The summed E-state index contributed by atoms with van der Waals surface area (Å²) in [7, 11) is 0. The Hall–Kier alpha value is -2.74. The van der Waals surface area contributed by atoms with Crippen LogP contribution in [-0.4, -0.2) is 49.9 Å². The molecule has 2 aromatic carbocycles. The molecule has 2 saturated heterocycles. The molecule has 1 amide bonds. The van der Waals surface area contributed by atoms with Gasteiger partial charge in [0.1, 0.15) is 5.75 Å². The van der Waals surface area contributed by atoms with Crippen LogP contribution in [0.25, 0.3) is 0 Å². The predicted molar refractivity (Wildman–Crippen MR) is 135 cm³/mol. The topological polar surface area (TPSA) is 44.8 Å². The monoisotopic (exact) mass is 503 g/mol. The third-order valence-electron chi connectivity index (χ3n) is 7.64. The third kappa shape index (κ3) is 7.38. The van der Waals surface area contributed by atoms with Gasteiger partial charge in [0.25, 0.3) is 0 Å². The van der Waals surface area contributed by atoms with Gasteiger partial charge in [-0.25, -0.2) is 0 Å². The summed E-state index contributed by atoms with van der Waals surface area (Å²) in [6.45, 7) is 7.30. The fourth-order valence-corrected chi connectivity index (χ4v) is 5.22. The van der Waals surface area contributed by atoms with E-state index in [0.29, 0.717) is 38.4 Å². The number of rotatable bonds is 8. The van der Waals surface area contributed by atoms with Gasteiger partial charge in [-0.15, -0.1) is 13.2 Å². The van der Waals surface area contributed by atoms with Gasteiger partial charge in [-0.3, -0.25) is 9.69 Å². The van der Waals surface area contributed by atoms with Crippen molar-refractivity contribution in [1.29, 1.82) is 0 Å². The molecule has 2 aliphatic heterocycles. The molecule has 2 aromatic rings. The zero-order chi connectivity index (χ0) is 25.6. The lowest BCUT2D eigenvalue weighted by atomic mass is 9.79. The number of anilines is 1. The van der Waals surface area contributed by atoms with Crippen molar-refractivity contribution < 1.29 is 22.7 Å². The summed E-state index contributed by atoms with van der Waals surface area (Å²) in [6, 6.07) is 16.5. The summed E-state index contributed by atoms with van der Waals surface area (Å²) in [6.07, 6.45) is 0.0689. The van der Waals surface area contributed by atoms with E-state index in [4.69, 9.17) is 0 Å². The molecular weight excluding hydrogens is 467 g/mol. The normalized spacial score (nSPS) is 19.2. The molecule has 4 rings (SSSR count). The minimum atomic E-state index is -4.69. The number of carbonyl (C=O) groups excluding carboxylic acids is 1. The number of ether oxygens (including phenoxy) is 1. The number of hydrogen-bond acceptors (Lipinski definition) is 4. The molecule has 0 unspecified atom stereocenters. The average Bonchev–Trinajstić information content (AvgIpc) is 2.86. The highest BCUT2D eigenvalue weighted by molar-refractivity contribution is 5.82. The number of alkyl halides is 3. The smallest absolute Gasteiger partial charge is 0.406 e. The molecule has 0 bridgehead atoms. The lowest BCUT2D eigenvalue weighted by Crippen LogP contribution is -2.47. The molecule has 36 heavy (non-hydrogen) atoms. The van der Waals surface area contributed by atoms with Gasteiger partial charge in [-0.1, -0.05) is 37.3 Å². The Morgan fingerprint density at radius 3 is 2.25 bits per heavy atom. The van der Waals surface area contributed by atoms with Crippen molar-refractivity contribution in [1.82, 2.24) is 10.2 Å². The van der Waals surface area contributed by atoms with Crippen molar-refractivity contribution in [2.45, 2.75) is 51.9 Å². The van der Waals surface area contributed by atoms with E-state index in [2.05, 4.69) is 44.1 Å². The van der Waals surface area contributed by atoms with Crippen LogP contribution < -0.4 is 15.0 Å². The SMILES string of the molecule is CC1(C(=O)NCCC2CCN(Cc3ccccc3)CC2)CCN(c2ccc(OC(F)(F)F)cc2)CC1.